The summed E-state index contributed by atoms with van der Waals surface area (Å²) in [7, 11) is -14.3. The Morgan fingerprint density at radius 2 is 1.00 bits per heavy atom. The fourth-order valence-corrected chi connectivity index (χ4v) is 6.94. The molecule has 0 aliphatic rings. The molecule has 6 rings (SSSR count). The van der Waals surface area contributed by atoms with Gasteiger partial charge < -0.3 is 22.3 Å². The molecule has 0 aliphatic heterocycles. The number of rotatable bonds is 10. The number of anilines is 3. The van der Waals surface area contributed by atoms with E-state index in [1.807, 2.05) is 0 Å². The first-order chi connectivity index (χ1) is 26.3. The number of phenolic OH excluding ortho intramolecular Hbond substituents is 1. The van der Waals surface area contributed by atoms with Crippen LogP contribution in [0, 0.1) is 0 Å². The maximum Gasteiger partial charge on any atom is 0.296 e. The number of nitrogens with zero attached hydrogens (tertiary/aromatic N) is 6. The van der Waals surface area contributed by atoms with E-state index in [0.717, 1.165) is 24.3 Å². The van der Waals surface area contributed by atoms with Crippen molar-refractivity contribution in [3.05, 3.63) is 103 Å². The van der Waals surface area contributed by atoms with Gasteiger partial charge in [-0.2, -0.15) is 35.5 Å². The van der Waals surface area contributed by atoms with Gasteiger partial charge in [0.25, 0.3) is 30.4 Å². The number of fused-ring (bicyclic) bond motifs is 1. The Kier molecular flexibility index (Phi) is 10.4. The van der Waals surface area contributed by atoms with E-state index >= 15 is 0 Å². The average molecular weight is 818 g/mol. The summed E-state index contributed by atoms with van der Waals surface area (Å²) in [5, 5.41) is 35.1. The first-order valence-corrected chi connectivity index (χ1v) is 19.9. The SMILES string of the molecule is Nc1ccc2cc(S(=O)(=O)O)c(N=Nc3ccc(-c4ccc(N=Nc5cc(N=Nc6ccc(S(=O)(=O)O)cc6)c(N)cc5N)cc4)cc3S(=O)(=O)O)c(O)c2c1. The highest BCUT2D eigenvalue weighted by Crippen LogP contribution is 2.43. The molecule has 0 aromatic heterocycles. The predicted octanol–water partition coefficient (Wildman–Crippen LogP) is 7.95. The molecular weight excluding hydrogens is 791 g/mol. The summed E-state index contributed by atoms with van der Waals surface area (Å²) >= 11 is 0. The lowest BCUT2D eigenvalue weighted by atomic mass is 10.1. The first-order valence-electron chi connectivity index (χ1n) is 15.5. The van der Waals surface area contributed by atoms with Crippen LogP contribution in [0.4, 0.5) is 51.2 Å². The zero-order valence-corrected chi connectivity index (χ0v) is 30.6. The molecule has 0 fully saturated rings. The Morgan fingerprint density at radius 1 is 0.464 bits per heavy atom. The summed E-state index contributed by atoms with van der Waals surface area (Å²) in [5.41, 5.74) is 19.1. The van der Waals surface area contributed by atoms with Crippen LogP contribution < -0.4 is 17.2 Å². The number of benzene rings is 6. The normalized spacial score (nSPS) is 12.7. The Balaban J connectivity index is 1.26. The Bertz CT molecular complexity index is 2980. The van der Waals surface area contributed by atoms with Crippen molar-refractivity contribution < 1.29 is 44.0 Å². The van der Waals surface area contributed by atoms with E-state index in [0.29, 0.717) is 16.8 Å². The Labute approximate surface area is 317 Å². The molecule has 6 aromatic rings. The molecule has 0 spiro atoms. The topological polar surface area (TPSA) is 336 Å². The third-order valence-electron chi connectivity index (χ3n) is 7.91. The van der Waals surface area contributed by atoms with Crippen molar-refractivity contribution >= 4 is 92.3 Å². The lowest BCUT2D eigenvalue weighted by Crippen LogP contribution is -2.00. The molecule has 56 heavy (non-hydrogen) atoms. The second-order valence-corrected chi connectivity index (χ2v) is 16.0. The molecule has 0 aliphatic carbocycles. The van der Waals surface area contributed by atoms with E-state index in [4.69, 9.17) is 21.8 Å². The molecule has 22 heteroatoms. The van der Waals surface area contributed by atoms with Crippen LogP contribution in [0.2, 0.25) is 0 Å². The molecule has 0 unspecified atom stereocenters. The molecule has 0 saturated carbocycles. The molecule has 0 bridgehead atoms. The summed E-state index contributed by atoms with van der Waals surface area (Å²) in [5.74, 6) is -0.706. The van der Waals surface area contributed by atoms with Gasteiger partial charge in [0, 0.05) is 11.1 Å². The summed E-state index contributed by atoms with van der Waals surface area (Å²) in [6.45, 7) is 0. The van der Waals surface area contributed by atoms with Crippen LogP contribution in [0.1, 0.15) is 0 Å². The van der Waals surface area contributed by atoms with Gasteiger partial charge in [0.15, 0.2) is 5.75 Å². The fourth-order valence-electron chi connectivity index (χ4n) is 5.15. The second kappa shape index (κ2) is 14.9. The van der Waals surface area contributed by atoms with E-state index in [2.05, 4.69) is 30.7 Å². The zero-order valence-electron chi connectivity index (χ0n) is 28.2. The van der Waals surface area contributed by atoms with Gasteiger partial charge in [-0.15, -0.1) is 20.5 Å². The summed E-state index contributed by atoms with van der Waals surface area (Å²) in [6.07, 6.45) is 0. The van der Waals surface area contributed by atoms with Crippen LogP contribution >= 0.6 is 0 Å². The van der Waals surface area contributed by atoms with Crippen LogP contribution in [0.5, 0.6) is 5.75 Å². The largest absolute Gasteiger partial charge is 0.505 e. The van der Waals surface area contributed by atoms with Crippen molar-refractivity contribution in [2.24, 2.45) is 30.7 Å². The summed E-state index contributed by atoms with van der Waals surface area (Å²) < 4.78 is 101. The number of hydrogen-bond acceptors (Lipinski definition) is 16. The third-order valence-corrected chi connectivity index (χ3v) is 10.5. The van der Waals surface area contributed by atoms with Crippen molar-refractivity contribution in [2.75, 3.05) is 17.2 Å². The van der Waals surface area contributed by atoms with Gasteiger partial charge in [-0.1, -0.05) is 24.3 Å². The van der Waals surface area contributed by atoms with Gasteiger partial charge >= 0.3 is 0 Å². The lowest BCUT2D eigenvalue weighted by molar-refractivity contribution is 0.472. The number of phenols is 1. The predicted molar refractivity (Wildman–Crippen MR) is 206 cm³/mol. The van der Waals surface area contributed by atoms with Crippen molar-refractivity contribution in [3.63, 3.8) is 0 Å². The number of nitrogens with two attached hydrogens (primary N) is 3. The minimum absolute atomic E-state index is 0.0784. The summed E-state index contributed by atoms with van der Waals surface area (Å²) in [4.78, 5) is -1.83. The molecule has 19 nitrogen and oxygen atoms in total. The fraction of sp³-hybridized carbons (Fsp3) is 0. The Hall–Kier alpha value is -6.69. The van der Waals surface area contributed by atoms with E-state index in [-0.39, 0.29) is 49.8 Å². The highest BCUT2D eigenvalue weighted by atomic mass is 32.2. The van der Waals surface area contributed by atoms with Crippen molar-refractivity contribution in [3.8, 4) is 16.9 Å². The van der Waals surface area contributed by atoms with Gasteiger partial charge in [0.1, 0.15) is 32.5 Å². The number of hydrogen-bond donors (Lipinski definition) is 7. The monoisotopic (exact) mass is 817 g/mol. The second-order valence-electron chi connectivity index (χ2n) is 11.8. The van der Waals surface area contributed by atoms with E-state index in [1.165, 1.54) is 54.6 Å². The maximum absolute atomic E-state index is 12.4. The molecular formula is C34H27N9O10S3. The first kappa shape index (κ1) is 39.0. The minimum Gasteiger partial charge on any atom is -0.505 e. The highest BCUT2D eigenvalue weighted by molar-refractivity contribution is 7.86. The summed E-state index contributed by atoms with van der Waals surface area (Å²) in [6, 6.07) is 23.0. The third kappa shape index (κ3) is 8.65. The smallest absolute Gasteiger partial charge is 0.296 e. The molecule has 0 atom stereocenters. The van der Waals surface area contributed by atoms with Gasteiger partial charge in [0.05, 0.1) is 27.6 Å². The van der Waals surface area contributed by atoms with Crippen molar-refractivity contribution in [2.45, 2.75) is 14.7 Å². The van der Waals surface area contributed by atoms with Gasteiger partial charge in [-0.3, -0.25) is 13.7 Å². The van der Waals surface area contributed by atoms with Crippen LogP contribution in [0.25, 0.3) is 21.9 Å². The number of aromatic hydroxyl groups is 1. The molecule has 6 aromatic carbocycles. The van der Waals surface area contributed by atoms with Crippen LogP contribution in [0.3, 0.4) is 0 Å². The molecule has 286 valence electrons. The van der Waals surface area contributed by atoms with E-state index in [1.54, 1.807) is 24.3 Å². The average Bonchev–Trinajstić information content (AvgIpc) is 3.13. The maximum atomic E-state index is 12.4. The quantitative estimate of drug-likeness (QED) is 0.0392. The Morgan fingerprint density at radius 3 is 1.55 bits per heavy atom. The number of nitrogen functional groups attached to an aromatic ring is 3. The molecule has 10 N–H and O–H groups in total. The molecule has 0 radical (unpaired) electrons. The van der Waals surface area contributed by atoms with Crippen molar-refractivity contribution in [1.29, 1.82) is 0 Å². The van der Waals surface area contributed by atoms with Crippen molar-refractivity contribution in [1.82, 2.24) is 0 Å². The van der Waals surface area contributed by atoms with Gasteiger partial charge in [-0.25, -0.2) is 0 Å². The highest BCUT2D eigenvalue weighted by Gasteiger charge is 2.23. The van der Waals surface area contributed by atoms with Crippen LogP contribution in [0.15, 0.2) is 149 Å². The van der Waals surface area contributed by atoms with Gasteiger partial charge in [-0.05, 0) is 95.4 Å². The molecule has 0 heterocycles. The molecule has 0 amide bonds. The van der Waals surface area contributed by atoms with Crippen LogP contribution in [-0.4, -0.2) is 44.0 Å². The standard InChI is InChI=1S/C34H27N9O10S3/c35-21-5-1-20-14-32(56(51,52)53)33(34(44)25(20)15-21)43-40-28-12-4-19(13-31(28)55(48,49)50)18-2-6-22(7-3-18)38-41-29-17-30(27(37)16-26(29)36)42-39-23-8-10-24(11-9-23)54(45,46)47/h1-17,44H,35-37H2,(H,45,46,47)(H,48,49,50)(H,51,52,53). The molecule has 0 saturated heterocycles. The number of azo groups is 3. The van der Waals surface area contributed by atoms with E-state index < -0.39 is 57.3 Å². The minimum atomic E-state index is -4.96. The van der Waals surface area contributed by atoms with Gasteiger partial charge in [0.2, 0.25) is 0 Å². The zero-order chi connectivity index (χ0) is 40.6. The van der Waals surface area contributed by atoms with Crippen LogP contribution in [-0.2, 0) is 30.4 Å². The van der Waals surface area contributed by atoms with E-state index in [9.17, 15) is 39.5 Å². The lowest BCUT2D eigenvalue weighted by Gasteiger charge is -2.10.